The van der Waals surface area contributed by atoms with Gasteiger partial charge in [-0.05, 0) is 69.4 Å². The Hall–Kier alpha value is -3.82. The fourth-order valence-corrected chi connectivity index (χ4v) is 5.93. The topological polar surface area (TPSA) is 83.5 Å². The Morgan fingerprint density at radius 1 is 1.21 bits per heavy atom. The zero-order chi connectivity index (χ0) is 26.8. The molecule has 196 valence electrons. The van der Waals surface area contributed by atoms with Gasteiger partial charge in [0.15, 0.2) is 0 Å². The fourth-order valence-electron chi connectivity index (χ4n) is 4.65. The molecule has 0 spiro atoms. The average molecular weight is 529 g/mol. The van der Waals surface area contributed by atoms with Gasteiger partial charge in [-0.2, -0.15) is 0 Å². The number of aromatic nitrogens is 3. The highest BCUT2D eigenvalue weighted by molar-refractivity contribution is 7.19. The Kier molecular flexibility index (Phi) is 7.40. The number of benzene rings is 1. The Labute approximate surface area is 227 Å². The highest BCUT2D eigenvalue weighted by Crippen LogP contribution is 2.42. The van der Waals surface area contributed by atoms with Crippen LogP contribution in [0.5, 0.6) is 11.5 Å². The first-order valence-corrected chi connectivity index (χ1v) is 13.4. The minimum Gasteiger partial charge on any atom is -0.455 e. The van der Waals surface area contributed by atoms with E-state index in [1.807, 2.05) is 74.2 Å². The summed E-state index contributed by atoms with van der Waals surface area (Å²) in [5.41, 5.74) is 4.10. The SMILES string of the molecule is Cc1ccc(Oc2ccc(Nc3ncnc4sc5c(c34)[C@H](C)CN(C(=O)/C=C/CN(C)C)C5)cc2C)cn1. The van der Waals surface area contributed by atoms with E-state index in [1.165, 1.54) is 10.4 Å². The molecule has 9 heteroatoms. The molecule has 4 heterocycles. The van der Waals surface area contributed by atoms with Crippen molar-refractivity contribution in [3.63, 3.8) is 0 Å². The molecule has 0 aliphatic carbocycles. The van der Waals surface area contributed by atoms with Gasteiger partial charge in [0, 0.05) is 41.3 Å². The maximum Gasteiger partial charge on any atom is 0.246 e. The highest BCUT2D eigenvalue weighted by atomic mass is 32.1. The van der Waals surface area contributed by atoms with Gasteiger partial charge in [0.05, 0.1) is 18.1 Å². The van der Waals surface area contributed by atoms with Gasteiger partial charge < -0.3 is 19.9 Å². The summed E-state index contributed by atoms with van der Waals surface area (Å²) < 4.78 is 6.03. The van der Waals surface area contributed by atoms with E-state index in [-0.39, 0.29) is 11.8 Å². The number of thiophene rings is 1. The molecule has 0 saturated heterocycles. The van der Waals surface area contributed by atoms with E-state index < -0.39 is 0 Å². The second-order valence-corrected chi connectivity index (χ2v) is 11.1. The summed E-state index contributed by atoms with van der Waals surface area (Å²) in [6, 6.07) is 9.84. The summed E-state index contributed by atoms with van der Waals surface area (Å²) in [4.78, 5) is 32.3. The van der Waals surface area contributed by atoms with Gasteiger partial charge in [-0.1, -0.05) is 13.0 Å². The second-order valence-electron chi connectivity index (χ2n) is 9.97. The third kappa shape index (κ3) is 5.54. The van der Waals surface area contributed by atoms with Crippen LogP contribution < -0.4 is 10.1 Å². The summed E-state index contributed by atoms with van der Waals surface area (Å²) >= 11 is 1.64. The standard InChI is InChI=1S/C29H32N6O2S/c1-18-13-21(9-11-23(18)37-22-10-8-20(3)30-14-22)33-28-27-26-19(2)15-35(25(36)7-6-12-34(4)5)16-24(26)38-29(27)32-17-31-28/h6-11,13-14,17,19H,12,15-16H2,1-5H3,(H,31,32,33)/b7-6+/t19-/m1/s1. The lowest BCUT2D eigenvalue weighted by atomic mass is 9.94. The lowest BCUT2D eigenvalue weighted by Gasteiger charge is -2.30. The Morgan fingerprint density at radius 3 is 2.79 bits per heavy atom. The number of fused-ring (bicyclic) bond motifs is 3. The van der Waals surface area contributed by atoms with Gasteiger partial charge in [-0.15, -0.1) is 11.3 Å². The Bertz CT molecular complexity index is 1500. The van der Waals surface area contributed by atoms with Crippen LogP contribution in [0.3, 0.4) is 0 Å². The van der Waals surface area contributed by atoms with E-state index >= 15 is 0 Å². The molecule has 1 amide bonds. The molecule has 1 atom stereocenters. The van der Waals surface area contributed by atoms with Crippen LogP contribution >= 0.6 is 11.3 Å². The minimum atomic E-state index is 0.0467. The largest absolute Gasteiger partial charge is 0.455 e. The van der Waals surface area contributed by atoms with E-state index in [0.29, 0.717) is 18.8 Å². The Morgan fingerprint density at radius 2 is 2.05 bits per heavy atom. The lowest BCUT2D eigenvalue weighted by Crippen LogP contribution is -2.36. The molecule has 0 bridgehead atoms. The third-order valence-corrected chi connectivity index (χ3v) is 7.61. The van der Waals surface area contributed by atoms with E-state index in [0.717, 1.165) is 45.3 Å². The molecule has 0 saturated carbocycles. The van der Waals surface area contributed by atoms with Crippen molar-refractivity contribution in [2.45, 2.75) is 33.2 Å². The van der Waals surface area contributed by atoms with Crippen LogP contribution in [-0.2, 0) is 11.3 Å². The molecule has 0 fully saturated rings. The van der Waals surface area contributed by atoms with Crippen molar-refractivity contribution < 1.29 is 9.53 Å². The summed E-state index contributed by atoms with van der Waals surface area (Å²) in [5, 5.41) is 4.55. The van der Waals surface area contributed by atoms with E-state index in [2.05, 4.69) is 27.2 Å². The van der Waals surface area contributed by atoms with E-state index in [1.54, 1.807) is 29.9 Å². The smallest absolute Gasteiger partial charge is 0.246 e. The van der Waals surface area contributed by atoms with Gasteiger partial charge >= 0.3 is 0 Å². The van der Waals surface area contributed by atoms with Crippen molar-refractivity contribution >= 4 is 39.0 Å². The van der Waals surface area contributed by atoms with Crippen LogP contribution in [0.2, 0.25) is 0 Å². The molecule has 0 radical (unpaired) electrons. The summed E-state index contributed by atoms with van der Waals surface area (Å²) in [6.07, 6.45) is 6.92. The van der Waals surface area contributed by atoms with E-state index in [9.17, 15) is 4.79 Å². The summed E-state index contributed by atoms with van der Waals surface area (Å²) in [7, 11) is 3.97. The number of hydrogen-bond acceptors (Lipinski definition) is 8. The van der Waals surface area contributed by atoms with Gasteiger partial charge in [-0.25, -0.2) is 9.97 Å². The first-order chi connectivity index (χ1) is 18.3. The number of carbonyl (C=O) groups excluding carboxylic acids is 1. The Balaban J connectivity index is 1.38. The minimum absolute atomic E-state index is 0.0467. The first kappa shape index (κ1) is 25.8. The number of nitrogens with one attached hydrogen (secondary N) is 1. The number of aryl methyl sites for hydroxylation is 2. The highest BCUT2D eigenvalue weighted by Gasteiger charge is 2.30. The zero-order valence-electron chi connectivity index (χ0n) is 22.4. The van der Waals surface area contributed by atoms with Crippen molar-refractivity contribution in [2.24, 2.45) is 0 Å². The number of hydrogen-bond donors (Lipinski definition) is 1. The molecule has 3 aromatic heterocycles. The molecule has 5 rings (SSSR count). The number of carbonyl (C=O) groups is 1. The molecular weight excluding hydrogens is 496 g/mol. The van der Waals surface area contributed by atoms with Gasteiger partial charge in [0.2, 0.25) is 5.91 Å². The number of amides is 1. The van der Waals surface area contributed by atoms with Crippen molar-refractivity contribution in [3.8, 4) is 11.5 Å². The number of ether oxygens (including phenoxy) is 1. The van der Waals surface area contributed by atoms with Crippen molar-refractivity contribution in [1.29, 1.82) is 0 Å². The van der Waals surface area contributed by atoms with Crippen LogP contribution in [0.1, 0.15) is 34.5 Å². The van der Waals surface area contributed by atoms with Gasteiger partial charge in [-0.3, -0.25) is 9.78 Å². The molecular formula is C29H32N6O2S. The number of anilines is 2. The maximum atomic E-state index is 12.8. The molecule has 1 aliphatic rings. The molecule has 1 aromatic carbocycles. The van der Waals surface area contributed by atoms with Crippen molar-refractivity contribution in [2.75, 3.05) is 32.5 Å². The molecule has 1 aliphatic heterocycles. The predicted octanol–water partition coefficient (Wildman–Crippen LogP) is 5.80. The number of nitrogens with zero attached hydrogens (tertiary/aromatic N) is 5. The van der Waals surface area contributed by atoms with Gasteiger partial charge in [0.25, 0.3) is 0 Å². The van der Waals surface area contributed by atoms with Crippen LogP contribution in [0, 0.1) is 13.8 Å². The van der Waals surface area contributed by atoms with Crippen LogP contribution in [0.25, 0.3) is 10.2 Å². The van der Waals surface area contributed by atoms with Crippen molar-refractivity contribution in [3.05, 3.63) is 76.7 Å². The fraction of sp³-hybridized carbons (Fsp3) is 0.310. The zero-order valence-corrected chi connectivity index (χ0v) is 23.2. The first-order valence-electron chi connectivity index (χ1n) is 12.6. The molecule has 38 heavy (non-hydrogen) atoms. The molecule has 4 aromatic rings. The number of likely N-dealkylation sites (N-methyl/N-ethyl adjacent to an activating group) is 1. The summed E-state index contributed by atoms with van der Waals surface area (Å²) in [5.74, 6) is 2.48. The predicted molar refractivity (Wildman–Crippen MR) is 152 cm³/mol. The maximum absolute atomic E-state index is 12.8. The van der Waals surface area contributed by atoms with Crippen LogP contribution in [0.15, 0.2) is 55.0 Å². The second kappa shape index (κ2) is 10.9. The van der Waals surface area contributed by atoms with Gasteiger partial charge in [0.1, 0.15) is 28.5 Å². The third-order valence-electron chi connectivity index (χ3n) is 6.52. The number of pyridine rings is 1. The molecule has 8 nitrogen and oxygen atoms in total. The van der Waals surface area contributed by atoms with Crippen molar-refractivity contribution in [1.82, 2.24) is 24.8 Å². The van der Waals surface area contributed by atoms with Crippen LogP contribution in [-0.4, -0.2) is 57.8 Å². The van der Waals surface area contributed by atoms with Crippen LogP contribution in [0.4, 0.5) is 11.5 Å². The number of rotatable bonds is 7. The normalized spacial score (nSPS) is 15.3. The quantitative estimate of drug-likeness (QED) is 0.303. The molecule has 1 N–H and O–H groups in total. The molecule has 0 unspecified atom stereocenters. The lowest BCUT2D eigenvalue weighted by molar-refractivity contribution is -0.127. The average Bonchev–Trinajstić information content (AvgIpc) is 3.27. The summed E-state index contributed by atoms with van der Waals surface area (Å²) in [6.45, 7) is 8.13. The monoisotopic (exact) mass is 528 g/mol. The van der Waals surface area contributed by atoms with E-state index in [4.69, 9.17) is 4.74 Å².